The first-order valence-electron chi connectivity index (χ1n) is 16.6. The second kappa shape index (κ2) is 31.2. The van der Waals surface area contributed by atoms with Crippen LogP contribution in [0.4, 0.5) is 16.2 Å². The van der Waals surface area contributed by atoms with Crippen molar-refractivity contribution in [1.29, 1.82) is 5.26 Å². The third-order valence-corrected chi connectivity index (χ3v) is 10.5. The van der Waals surface area contributed by atoms with Crippen LogP contribution in [0.25, 0.3) is 9.88 Å². The highest BCUT2D eigenvalue weighted by Crippen LogP contribution is 2.30. The van der Waals surface area contributed by atoms with Crippen molar-refractivity contribution in [2.45, 2.75) is 58.2 Å². The lowest BCUT2D eigenvalue weighted by Crippen LogP contribution is -2.45. The number of nitrogens with two attached hydrogens (primary N) is 2. The Hall–Kier alpha value is -3.70. The number of rotatable bonds is 12. The zero-order chi connectivity index (χ0) is 43.8. The molecule has 2 atom stereocenters. The number of nitriles is 1. The van der Waals surface area contributed by atoms with Crippen LogP contribution in [0.2, 0.25) is 0 Å². The van der Waals surface area contributed by atoms with Crippen LogP contribution in [0.3, 0.4) is 0 Å². The van der Waals surface area contributed by atoms with Crippen LogP contribution < -0.4 is 16.8 Å². The number of nitro benzene ring substituents is 2. The molecule has 1 amide bonds. The van der Waals surface area contributed by atoms with Crippen LogP contribution in [0.1, 0.15) is 55.4 Å². The molecule has 0 radical (unpaired) electrons. The Morgan fingerprint density at radius 3 is 1.80 bits per heavy atom. The molecule has 60 heavy (non-hydrogen) atoms. The maximum Gasteiger partial charge on any atom is 0.408 e. The highest BCUT2D eigenvalue weighted by molar-refractivity contribution is 9.09. The summed E-state index contributed by atoms with van der Waals surface area (Å²) in [6, 6.07) is 21.0. The van der Waals surface area contributed by atoms with E-state index < -0.39 is 27.6 Å². The number of thiazole rings is 1. The number of alkyl halides is 1. The van der Waals surface area contributed by atoms with Gasteiger partial charge in [-0.3, -0.25) is 25.0 Å². The monoisotopic (exact) mass is 1080 g/mol. The molecule has 0 spiro atoms. The van der Waals surface area contributed by atoms with Gasteiger partial charge in [-0.25, -0.2) is 9.78 Å². The summed E-state index contributed by atoms with van der Waals surface area (Å²) in [7, 11) is 0. The molecule has 5 rings (SSSR count). The van der Waals surface area contributed by atoms with E-state index in [1.807, 2.05) is 40.4 Å². The van der Waals surface area contributed by atoms with Gasteiger partial charge in [-0.2, -0.15) is 18.8 Å². The summed E-state index contributed by atoms with van der Waals surface area (Å²) >= 11 is 19.9. The Morgan fingerprint density at radius 1 is 0.933 bits per heavy atom. The number of halogens is 2. The largest absolute Gasteiger partial charge is 0.444 e. The van der Waals surface area contributed by atoms with Crippen molar-refractivity contribution < 1.29 is 24.2 Å². The number of hydrogen-bond donors (Lipinski definition) is 3. The van der Waals surface area contributed by atoms with Crippen molar-refractivity contribution in [3.05, 3.63) is 131 Å². The molecule has 5 aromatic rings. The standard InChI is InChI=1S/C15H19BrN2O5.C15H13N3O2S2.C5H5NS2.C2H3N.BrH.S2.H2S/c1-15(2,3)23-14(20)17-12(13(19)9-16)8-10-4-6-11(7-5-10)18(21)22;16-12(8-10-3-5-11(6-4-10)18(19)20)13-9-22-15(17-13)14-2-1-7-21-14;6-5(7)4-2-1-3-8-4;1-2-3;;1-2;/h4-7,12H,8-9H2,1-3H3,(H,17,20);1-7,9,12H,8,16H2;1-3H,(H2,6,7);1H3;1H;;1H2/t2*12-;;;;;/m00...../s1. The predicted octanol–water partition coefficient (Wildman–Crippen LogP) is 9.61. The molecule has 0 bridgehead atoms. The van der Waals surface area contributed by atoms with Gasteiger partial charge in [0.25, 0.3) is 11.4 Å². The minimum absolute atomic E-state index is 0. The van der Waals surface area contributed by atoms with E-state index in [-0.39, 0.29) is 65.4 Å². The summed E-state index contributed by atoms with van der Waals surface area (Å²) in [4.78, 5) is 51.4. The number of carbonyl (C=O) groups excluding carboxylic acids is 2. The van der Waals surface area contributed by atoms with Crippen molar-refractivity contribution in [1.82, 2.24) is 10.3 Å². The number of non-ortho nitro benzene ring substituents is 2. The average molecular weight is 1080 g/mol. The quantitative estimate of drug-likeness (QED) is 0.0457. The van der Waals surface area contributed by atoms with Crippen LogP contribution in [0, 0.1) is 31.6 Å². The van der Waals surface area contributed by atoms with E-state index >= 15 is 0 Å². The van der Waals surface area contributed by atoms with Gasteiger partial charge < -0.3 is 21.5 Å². The molecule has 0 aliphatic heterocycles. The second-order valence-corrected chi connectivity index (χ2v) is 16.0. The zero-order valence-corrected chi connectivity index (χ0v) is 41.7. The normalized spacial score (nSPS) is 10.6. The molecule has 324 valence electrons. The van der Waals surface area contributed by atoms with Gasteiger partial charge in [-0.15, -0.1) is 51.0 Å². The van der Waals surface area contributed by atoms with Crippen LogP contribution >= 0.6 is 92.6 Å². The summed E-state index contributed by atoms with van der Waals surface area (Å²) in [6.07, 6.45) is 0.145. The van der Waals surface area contributed by atoms with Gasteiger partial charge in [0.15, 0.2) is 5.78 Å². The molecule has 0 unspecified atom stereocenters. The maximum absolute atomic E-state index is 12.0. The number of ether oxygens (including phenoxy) is 1. The number of aromatic nitrogens is 1. The minimum atomic E-state index is -0.773. The Labute approximate surface area is 401 Å². The van der Waals surface area contributed by atoms with Crippen LogP contribution in [-0.2, 0) is 44.7 Å². The molecular weight excluding hydrogens is 1040 g/mol. The fraction of sp³-hybridized carbons (Fsp3) is 0.270. The van der Waals surface area contributed by atoms with E-state index in [0.29, 0.717) is 17.0 Å². The van der Waals surface area contributed by atoms with Crippen molar-refractivity contribution >= 4 is 143 Å². The number of alkyl carbamates (subject to hydrolysis) is 1. The van der Waals surface area contributed by atoms with Gasteiger partial charge in [-0.05, 0) is 67.6 Å². The Balaban J connectivity index is 0. The van der Waals surface area contributed by atoms with E-state index in [1.165, 1.54) is 31.2 Å². The zero-order valence-electron chi connectivity index (χ0n) is 32.5. The highest BCUT2D eigenvalue weighted by Gasteiger charge is 2.24. The van der Waals surface area contributed by atoms with Gasteiger partial charge in [-0.1, -0.05) is 64.5 Å². The van der Waals surface area contributed by atoms with E-state index in [9.17, 15) is 29.8 Å². The van der Waals surface area contributed by atoms with Crippen LogP contribution in [-0.4, -0.2) is 48.7 Å². The first-order chi connectivity index (χ1) is 27.5. The van der Waals surface area contributed by atoms with Gasteiger partial charge in [0, 0.05) is 58.9 Å². The molecule has 5 N–H and O–H groups in total. The summed E-state index contributed by atoms with van der Waals surface area (Å²) in [6.45, 7) is 6.61. The number of thiophene rings is 2. The smallest absolute Gasteiger partial charge is 0.408 e. The molecule has 0 saturated carbocycles. The van der Waals surface area contributed by atoms with E-state index in [0.717, 1.165) is 26.0 Å². The highest BCUT2D eigenvalue weighted by atomic mass is 79.9. The van der Waals surface area contributed by atoms with Crippen molar-refractivity contribution in [3.8, 4) is 16.0 Å². The van der Waals surface area contributed by atoms with E-state index in [4.69, 9.17) is 33.7 Å². The number of thiocarbonyl (C=S) groups is 1. The van der Waals surface area contributed by atoms with Crippen molar-refractivity contribution in [2.75, 3.05) is 5.33 Å². The molecule has 0 aliphatic carbocycles. The van der Waals surface area contributed by atoms with Crippen molar-refractivity contribution in [3.63, 3.8) is 0 Å². The topological polar surface area (TPSA) is 230 Å². The number of amides is 1. The third-order valence-electron chi connectivity index (χ3n) is 6.80. The summed E-state index contributed by atoms with van der Waals surface area (Å²) in [5, 5.41) is 38.1. The first-order valence-corrected chi connectivity index (χ1v) is 22.1. The van der Waals surface area contributed by atoms with Gasteiger partial charge in [0.2, 0.25) is 0 Å². The number of benzene rings is 2. The number of nitrogens with zero attached hydrogens (tertiary/aromatic N) is 4. The average Bonchev–Trinajstić information content (AvgIpc) is 4.00. The first kappa shape index (κ1) is 58.4. The molecule has 3 aromatic heterocycles. The molecule has 14 nitrogen and oxygen atoms in total. The van der Waals surface area contributed by atoms with Crippen molar-refractivity contribution in [2.24, 2.45) is 11.5 Å². The van der Waals surface area contributed by atoms with Crippen LogP contribution in [0.5, 0.6) is 0 Å². The third kappa shape index (κ3) is 22.8. The van der Waals surface area contributed by atoms with Gasteiger partial charge >= 0.3 is 6.09 Å². The summed E-state index contributed by atoms with van der Waals surface area (Å²) in [5.74, 6) is -0.214. The molecular formula is C37H43Br2N7O7S7. The summed E-state index contributed by atoms with van der Waals surface area (Å²) in [5.41, 5.74) is 13.4. The molecule has 3 heterocycles. The summed E-state index contributed by atoms with van der Waals surface area (Å²) < 4.78 is 5.14. The number of Topliss-reactive ketones (excluding diaryl/α,β-unsaturated/α-hetero) is 1. The lowest BCUT2D eigenvalue weighted by molar-refractivity contribution is -0.385. The Kier molecular flexibility index (Phi) is 30.4. The number of ketones is 1. The van der Waals surface area contributed by atoms with E-state index in [2.05, 4.69) is 48.6 Å². The number of nitro groups is 2. The van der Waals surface area contributed by atoms with E-state index in [1.54, 1.807) is 85.1 Å². The fourth-order valence-electron chi connectivity index (χ4n) is 4.28. The number of nitrogens with one attached hydrogen (secondary N) is 1. The number of carbonyl (C=O) groups is 2. The van der Waals surface area contributed by atoms with Gasteiger partial charge in [0.1, 0.15) is 15.6 Å². The lowest BCUT2D eigenvalue weighted by Gasteiger charge is -2.23. The lowest BCUT2D eigenvalue weighted by atomic mass is 10.0. The maximum atomic E-state index is 12.0. The van der Waals surface area contributed by atoms with Crippen LogP contribution in [0.15, 0.2) is 88.9 Å². The molecule has 2 aromatic carbocycles. The Morgan fingerprint density at radius 2 is 1.42 bits per heavy atom. The molecule has 23 heteroatoms. The predicted molar refractivity (Wildman–Crippen MR) is 265 cm³/mol. The second-order valence-electron chi connectivity index (χ2n) is 12.3. The molecule has 0 aliphatic rings. The minimum Gasteiger partial charge on any atom is -0.444 e. The molecule has 0 fully saturated rings. The molecule has 0 saturated heterocycles. The SMILES string of the molecule is Br.CC#N.CC(C)(C)OC(=O)N[C@@H](Cc1ccc([N+](=O)[O-])cc1)C(=O)CBr.NC(=S)c1cccs1.N[C@@H](Cc1ccc([N+](=O)[O-])cc1)c1csc(-c2cccs2)n1.S.S=S. The number of hydrogen-bond acceptors (Lipinski definition) is 16. The Bertz CT molecular complexity index is 2080. The van der Waals surface area contributed by atoms with Gasteiger partial charge in [0.05, 0.1) is 48.8 Å². The fourth-order valence-corrected chi connectivity index (χ4v) is 7.16.